The molecule has 1 aromatic rings. The van der Waals surface area contributed by atoms with Gasteiger partial charge in [-0.3, -0.25) is 4.79 Å². The van der Waals surface area contributed by atoms with Crippen LogP contribution in [-0.2, 0) is 4.79 Å². The van der Waals surface area contributed by atoms with Crippen molar-refractivity contribution >= 4 is 23.4 Å². The summed E-state index contributed by atoms with van der Waals surface area (Å²) in [7, 11) is 0. The highest BCUT2D eigenvalue weighted by Gasteiger charge is 2.13. The van der Waals surface area contributed by atoms with Crippen molar-refractivity contribution in [3.8, 4) is 0 Å². The molecule has 0 fully saturated rings. The van der Waals surface area contributed by atoms with Crippen molar-refractivity contribution in [3.63, 3.8) is 0 Å². The van der Waals surface area contributed by atoms with E-state index in [4.69, 9.17) is 0 Å². The van der Waals surface area contributed by atoms with Gasteiger partial charge in [-0.1, -0.05) is 18.2 Å². The van der Waals surface area contributed by atoms with Crippen LogP contribution in [-0.4, -0.2) is 16.9 Å². The second kappa shape index (κ2) is 6.33. The molecule has 1 unspecified atom stereocenters. The lowest BCUT2D eigenvalue weighted by atomic mass is 10.4. The van der Waals surface area contributed by atoms with Crippen molar-refractivity contribution in [2.75, 3.05) is 0 Å². The molecule has 0 bridgehead atoms. The molecule has 0 radical (unpaired) electrons. The van der Waals surface area contributed by atoms with E-state index in [0.29, 0.717) is 0 Å². The van der Waals surface area contributed by atoms with Gasteiger partial charge >= 0.3 is 0 Å². The van der Waals surface area contributed by atoms with E-state index >= 15 is 0 Å². The Morgan fingerprint density at radius 2 is 1.94 bits per heavy atom. The minimum absolute atomic E-state index is 0.0740. The van der Waals surface area contributed by atoms with Gasteiger partial charge in [0.25, 0.3) is 5.91 Å². The molecule has 86 valence electrons. The molecule has 0 saturated heterocycles. The smallest absolute Gasteiger partial charge is 0.253 e. The van der Waals surface area contributed by atoms with Crippen LogP contribution >= 0.6 is 11.8 Å². The molecule has 0 aromatic heterocycles. The minimum atomic E-state index is -0.148. The Hall–Kier alpha value is -1.29. The summed E-state index contributed by atoms with van der Waals surface area (Å²) in [5.74, 6) is -0.0740. The number of carbonyl (C=O) groups is 1. The summed E-state index contributed by atoms with van der Waals surface area (Å²) in [6, 6.07) is 9.85. The van der Waals surface area contributed by atoms with Crippen LogP contribution in [0.2, 0.25) is 0 Å². The van der Waals surface area contributed by atoms with E-state index in [1.165, 1.54) is 11.8 Å². The SMILES string of the molecule is CC(C)=NNC(=O)C(C)Sc1ccccc1. The number of nitrogens with one attached hydrogen (secondary N) is 1. The Kier molecular flexibility index (Phi) is 5.05. The topological polar surface area (TPSA) is 41.5 Å². The maximum absolute atomic E-state index is 11.6. The molecule has 0 saturated carbocycles. The maximum Gasteiger partial charge on any atom is 0.253 e. The number of benzene rings is 1. The summed E-state index contributed by atoms with van der Waals surface area (Å²) in [5, 5.41) is 3.74. The molecule has 0 aliphatic carbocycles. The highest BCUT2D eigenvalue weighted by Crippen LogP contribution is 2.22. The average molecular weight is 236 g/mol. The van der Waals surface area contributed by atoms with Gasteiger partial charge < -0.3 is 0 Å². The number of hydrogen-bond acceptors (Lipinski definition) is 3. The highest BCUT2D eigenvalue weighted by molar-refractivity contribution is 8.00. The van der Waals surface area contributed by atoms with E-state index in [0.717, 1.165) is 10.6 Å². The Morgan fingerprint density at radius 3 is 2.50 bits per heavy atom. The molecular weight excluding hydrogens is 220 g/mol. The third kappa shape index (κ3) is 4.49. The molecule has 1 atom stereocenters. The predicted molar refractivity (Wildman–Crippen MR) is 68.7 cm³/mol. The number of thioether (sulfide) groups is 1. The van der Waals surface area contributed by atoms with Crippen molar-refractivity contribution in [2.24, 2.45) is 5.10 Å². The van der Waals surface area contributed by atoms with Gasteiger partial charge in [0.15, 0.2) is 0 Å². The van der Waals surface area contributed by atoms with Gasteiger partial charge in [-0.05, 0) is 32.9 Å². The first-order valence-electron chi connectivity index (χ1n) is 5.12. The van der Waals surface area contributed by atoms with Crippen molar-refractivity contribution in [2.45, 2.75) is 30.9 Å². The maximum atomic E-state index is 11.6. The number of carbonyl (C=O) groups excluding carboxylic acids is 1. The molecule has 1 N–H and O–H groups in total. The zero-order valence-corrected chi connectivity index (χ0v) is 10.5. The number of hydrazone groups is 1. The molecule has 0 aliphatic rings. The van der Waals surface area contributed by atoms with Crippen LogP contribution in [0.3, 0.4) is 0 Å². The Balaban J connectivity index is 2.49. The van der Waals surface area contributed by atoms with Gasteiger partial charge in [0, 0.05) is 10.6 Å². The molecule has 16 heavy (non-hydrogen) atoms. The second-order valence-corrected chi connectivity index (χ2v) is 5.02. The monoisotopic (exact) mass is 236 g/mol. The van der Waals surface area contributed by atoms with Crippen LogP contribution in [0.4, 0.5) is 0 Å². The molecule has 3 nitrogen and oxygen atoms in total. The van der Waals surface area contributed by atoms with Crippen molar-refractivity contribution < 1.29 is 4.79 Å². The summed E-state index contributed by atoms with van der Waals surface area (Å²) >= 11 is 1.52. The van der Waals surface area contributed by atoms with E-state index in [9.17, 15) is 4.79 Å². The van der Waals surface area contributed by atoms with Gasteiger partial charge in [-0.25, -0.2) is 5.43 Å². The lowest BCUT2D eigenvalue weighted by molar-refractivity contribution is -0.120. The highest BCUT2D eigenvalue weighted by atomic mass is 32.2. The minimum Gasteiger partial charge on any atom is -0.272 e. The predicted octanol–water partition coefficient (Wildman–Crippen LogP) is 2.68. The van der Waals surface area contributed by atoms with E-state index in [1.807, 2.05) is 51.1 Å². The van der Waals surface area contributed by atoms with E-state index in [-0.39, 0.29) is 11.2 Å². The molecule has 0 heterocycles. The number of nitrogens with zero attached hydrogens (tertiary/aromatic N) is 1. The van der Waals surface area contributed by atoms with Crippen molar-refractivity contribution in [1.82, 2.24) is 5.43 Å². The molecule has 4 heteroatoms. The number of rotatable bonds is 4. The third-order valence-electron chi connectivity index (χ3n) is 1.81. The third-order valence-corrected chi connectivity index (χ3v) is 2.93. The first-order valence-corrected chi connectivity index (χ1v) is 6.00. The molecular formula is C12H16N2OS. The second-order valence-electron chi connectivity index (χ2n) is 3.61. The molecule has 1 rings (SSSR count). The van der Waals surface area contributed by atoms with Crippen molar-refractivity contribution in [1.29, 1.82) is 0 Å². The summed E-state index contributed by atoms with van der Waals surface area (Å²) in [4.78, 5) is 12.7. The Bertz CT molecular complexity index is 372. The van der Waals surface area contributed by atoms with Crippen LogP contribution in [0.15, 0.2) is 40.3 Å². The molecule has 1 aromatic carbocycles. The zero-order valence-electron chi connectivity index (χ0n) is 9.73. The fourth-order valence-corrected chi connectivity index (χ4v) is 1.90. The largest absolute Gasteiger partial charge is 0.272 e. The first-order chi connectivity index (χ1) is 7.59. The number of hydrogen-bond donors (Lipinski definition) is 1. The van der Waals surface area contributed by atoms with Crippen LogP contribution < -0.4 is 5.43 Å². The van der Waals surface area contributed by atoms with Gasteiger partial charge in [-0.2, -0.15) is 5.10 Å². The van der Waals surface area contributed by atoms with E-state index in [1.54, 1.807) is 0 Å². The van der Waals surface area contributed by atoms with E-state index < -0.39 is 0 Å². The summed E-state index contributed by atoms with van der Waals surface area (Å²) < 4.78 is 0. The van der Waals surface area contributed by atoms with Crippen LogP contribution in [0.25, 0.3) is 0 Å². The number of amides is 1. The molecule has 0 spiro atoms. The standard InChI is InChI=1S/C12H16N2OS/c1-9(2)13-14-12(15)10(3)16-11-7-5-4-6-8-11/h4-8,10H,1-3H3,(H,14,15). The lowest BCUT2D eigenvalue weighted by Gasteiger charge is -2.09. The first kappa shape index (κ1) is 12.8. The van der Waals surface area contributed by atoms with Crippen LogP contribution in [0.5, 0.6) is 0 Å². The van der Waals surface area contributed by atoms with Crippen LogP contribution in [0.1, 0.15) is 20.8 Å². The van der Waals surface area contributed by atoms with Gasteiger partial charge in [0.05, 0.1) is 5.25 Å². The van der Waals surface area contributed by atoms with Gasteiger partial charge in [-0.15, -0.1) is 11.8 Å². The quantitative estimate of drug-likeness (QED) is 0.496. The Labute approximate surface area is 100 Å². The van der Waals surface area contributed by atoms with E-state index in [2.05, 4.69) is 10.5 Å². The summed E-state index contributed by atoms with van der Waals surface area (Å²) in [5.41, 5.74) is 3.37. The van der Waals surface area contributed by atoms with Crippen LogP contribution in [0, 0.1) is 0 Å². The fraction of sp³-hybridized carbons (Fsp3) is 0.333. The van der Waals surface area contributed by atoms with Gasteiger partial charge in [0.2, 0.25) is 0 Å². The van der Waals surface area contributed by atoms with Gasteiger partial charge in [0.1, 0.15) is 0 Å². The summed E-state index contributed by atoms with van der Waals surface area (Å²) in [6.07, 6.45) is 0. The molecule has 0 aliphatic heterocycles. The zero-order chi connectivity index (χ0) is 12.0. The van der Waals surface area contributed by atoms with Crippen molar-refractivity contribution in [3.05, 3.63) is 30.3 Å². The normalized spacial score (nSPS) is 11.7. The Morgan fingerprint density at radius 1 is 1.31 bits per heavy atom. The lowest BCUT2D eigenvalue weighted by Crippen LogP contribution is -2.27. The molecule has 1 amide bonds. The average Bonchev–Trinajstić information content (AvgIpc) is 2.27. The summed E-state index contributed by atoms with van der Waals surface area (Å²) in [6.45, 7) is 5.55. The fourth-order valence-electron chi connectivity index (χ4n) is 1.01.